The second-order valence-electron chi connectivity index (χ2n) is 6.90. The van der Waals surface area contributed by atoms with Gasteiger partial charge in [0.25, 0.3) is 5.56 Å². The van der Waals surface area contributed by atoms with E-state index in [0.717, 1.165) is 44.2 Å². The predicted molar refractivity (Wildman–Crippen MR) is 90.1 cm³/mol. The molecule has 5 nitrogen and oxygen atoms in total. The molecule has 0 atom stereocenters. The van der Waals surface area contributed by atoms with Crippen LogP contribution < -0.4 is 11.3 Å². The van der Waals surface area contributed by atoms with Crippen molar-refractivity contribution in [3.8, 4) is 0 Å². The minimum atomic E-state index is -0.0792. The number of fused-ring (bicyclic) bond motifs is 1. The van der Waals surface area contributed by atoms with Gasteiger partial charge in [0.05, 0.1) is 0 Å². The average molecular weight is 302 g/mol. The van der Waals surface area contributed by atoms with Crippen LogP contribution in [0.3, 0.4) is 0 Å². The lowest BCUT2D eigenvalue weighted by molar-refractivity contribution is 0.127. The van der Waals surface area contributed by atoms with Gasteiger partial charge >= 0.3 is 0 Å². The Morgan fingerprint density at radius 3 is 2.73 bits per heavy atom. The van der Waals surface area contributed by atoms with Crippen LogP contribution in [0, 0.1) is 0 Å². The van der Waals surface area contributed by atoms with Gasteiger partial charge in [-0.15, -0.1) is 0 Å². The number of piperidine rings is 1. The summed E-state index contributed by atoms with van der Waals surface area (Å²) in [6.45, 7) is 6.65. The van der Waals surface area contributed by atoms with Gasteiger partial charge in [-0.25, -0.2) is 0 Å². The number of nitrogens with two attached hydrogens (primary N) is 1. The summed E-state index contributed by atoms with van der Waals surface area (Å²) in [5.74, 6) is 0. The van der Waals surface area contributed by atoms with Gasteiger partial charge in [-0.2, -0.15) is 0 Å². The molecule has 5 heteroatoms. The van der Waals surface area contributed by atoms with Crippen molar-refractivity contribution in [1.29, 1.82) is 0 Å². The van der Waals surface area contributed by atoms with Crippen molar-refractivity contribution in [3.63, 3.8) is 0 Å². The average Bonchev–Trinajstić information content (AvgIpc) is 2.97. The van der Waals surface area contributed by atoms with E-state index in [0.29, 0.717) is 11.6 Å². The smallest absolute Gasteiger partial charge is 0.272 e. The molecule has 0 bridgehead atoms. The number of aryl methyl sites for hydroxylation is 1. The number of likely N-dealkylation sites (tertiary alicyclic amines) is 1. The summed E-state index contributed by atoms with van der Waals surface area (Å²) in [6.07, 6.45) is 7.62. The Morgan fingerprint density at radius 1 is 1.32 bits per heavy atom. The number of hydrogen-bond acceptors (Lipinski definition) is 3. The van der Waals surface area contributed by atoms with E-state index in [9.17, 15) is 4.79 Å². The molecule has 3 rings (SSSR count). The predicted octanol–water partition coefficient (Wildman–Crippen LogP) is 1.99. The third-order valence-electron chi connectivity index (χ3n) is 5.11. The zero-order chi connectivity index (χ0) is 15.7. The number of hydrogen-bond donors (Lipinski definition) is 3. The van der Waals surface area contributed by atoms with Crippen molar-refractivity contribution in [3.05, 3.63) is 34.4 Å². The van der Waals surface area contributed by atoms with Crippen molar-refractivity contribution in [1.82, 2.24) is 14.9 Å². The van der Waals surface area contributed by atoms with E-state index in [1.54, 1.807) is 0 Å². The summed E-state index contributed by atoms with van der Waals surface area (Å²) in [7, 11) is 0. The molecule has 0 unspecified atom stereocenters. The van der Waals surface area contributed by atoms with Crippen molar-refractivity contribution in [2.75, 3.05) is 13.1 Å². The van der Waals surface area contributed by atoms with Crippen LogP contribution in [0.25, 0.3) is 10.9 Å². The van der Waals surface area contributed by atoms with Crippen LogP contribution in [0.1, 0.15) is 38.7 Å². The number of pyridine rings is 1. The van der Waals surface area contributed by atoms with Gasteiger partial charge in [0.15, 0.2) is 0 Å². The maximum Gasteiger partial charge on any atom is 0.272 e. The van der Waals surface area contributed by atoms with E-state index in [1.807, 2.05) is 18.5 Å². The highest BCUT2D eigenvalue weighted by atomic mass is 16.1. The molecule has 0 spiro atoms. The maximum atomic E-state index is 11.7. The van der Waals surface area contributed by atoms with E-state index >= 15 is 0 Å². The standard InChI is InChI=1S/C17H26N4O/c1-12(2)21-9-6-17(18,7-10-21)5-3-13-11-20-16(22)15-14(13)4-8-19-15/h4,8,11-12,19H,3,5-7,9-10,18H2,1-2H3,(H,20,22). The molecule has 0 saturated carbocycles. The summed E-state index contributed by atoms with van der Waals surface area (Å²) in [5, 5.41) is 1.02. The number of nitrogens with one attached hydrogen (secondary N) is 2. The van der Waals surface area contributed by atoms with Crippen molar-refractivity contribution < 1.29 is 0 Å². The Hall–Kier alpha value is -1.59. The van der Waals surface area contributed by atoms with E-state index < -0.39 is 0 Å². The Kier molecular flexibility index (Phi) is 4.10. The van der Waals surface area contributed by atoms with Crippen molar-refractivity contribution >= 4 is 10.9 Å². The number of aromatic nitrogens is 2. The highest BCUT2D eigenvalue weighted by Crippen LogP contribution is 2.27. The third kappa shape index (κ3) is 2.96. The second kappa shape index (κ2) is 5.89. The molecule has 22 heavy (non-hydrogen) atoms. The normalized spacial score (nSPS) is 19.1. The first-order chi connectivity index (χ1) is 10.5. The lowest BCUT2D eigenvalue weighted by Gasteiger charge is -2.41. The summed E-state index contributed by atoms with van der Waals surface area (Å²) in [6, 6.07) is 2.58. The SMILES string of the molecule is CC(C)N1CCC(N)(CCc2c[nH]c(=O)c3[nH]ccc23)CC1. The number of nitrogens with zero attached hydrogens (tertiary/aromatic N) is 1. The van der Waals surface area contributed by atoms with Crippen LogP contribution >= 0.6 is 0 Å². The first-order valence-corrected chi connectivity index (χ1v) is 8.19. The fourth-order valence-corrected chi connectivity index (χ4v) is 3.45. The molecule has 1 aliphatic heterocycles. The number of H-pyrrole nitrogens is 2. The van der Waals surface area contributed by atoms with Gasteiger partial charge in [-0.05, 0) is 51.2 Å². The first-order valence-electron chi connectivity index (χ1n) is 8.19. The number of rotatable bonds is 4. The molecule has 2 aromatic rings. The lowest BCUT2D eigenvalue weighted by Crippen LogP contribution is -2.52. The summed E-state index contributed by atoms with van der Waals surface area (Å²) < 4.78 is 0. The summed E-state index contributed by atoms with van der Waals surface area (Å²) in [5.41, 5.74) is 8.31. The highest BCUT2D eigenvalue weighted by molar-refractivity contribution is 5.81. The monoisotopic (exact) mass is 302 g/mol. The molecular formula is C17H26N4O. The summed E-state index contributed by atoms with van der Waals surface area (Å²) >= 11 is 0. The zero-order valence-electron chi connectivity index (χ0n) is 13.5. The Morgan fingerprint density at radius 2 is 2.05 bits per heavy atom. The molecule has 120 valence electrons. The van der Waals surface area contributed by atoms with Gasteiger partial charge in [0, 0.05) is 42.5 Å². The van der Waals surface area contributed by atoms with E-state index in [2.05, 4.69) is 28.7 Å². The molecule has 1 saturated heterocycles. The van der Waals surface area contributed by atoms with Gasteiger partial charge in [-0.3, -0.25) is 4.79 Å². The molecule has 1 fully saturated rings. The van der Waals surface area contributed by atoms with Gasteiger partial charge in [-0.1, -0.05) is 0 Å². The fourth-order valence-electron chi connectivity index (χ4n) is 3.45. The van der Waals surface area contributed by atoms with Gasteiger partial charge in [0.1, 0.15) is 5.52 Å². The molecule has 0 aliphatic carbocycles. The van der Waals surface area contributed by atoms with E-state index in [1.165, 1.54) is 5.56 Å². The first kappa shape index (κ1) is 15.3. The Balaban J connectivity index is 1.68. The van der Waals surface area contributed by atoms with Crippen LogP contribution in [0.15, 0.2) is 23.3 Å². The maximum absolute atomic E-state index is 11.7. The summed E-state index contributed by atoms with van der Waals surface area (Å²) in [4.78, 5) is 20.1. The molecule has 4 N–H and O–H groups in total. The van der Waals surface area contributed by atoms with Crippen LogP contribution in [0.2, 0.25) is 0 Å². The van der Waals surface area contributed by atoms with Crippen molar-refractivity contribution in [2.45, 2.75) is 51.1 Å². The van der Waals surface area contributed by atoms with E-state index in [-0.39, 0.29) is 11.1 Å². The van der Waals surface area contributed by atoms with Crippen LogP contribution in [0.5, 0.6) is 0 Å². The number of aromatic amines is 2. The molecule has 3 heterocycles. The Labute approximate surface area is 130 Å². The minimum absolute atomic E-state index is 0.0588. The van der Waals surface area contributed by atoms with Crippen LogP contribution in [0.4, 0.5) is 0 Å². The highest BCUT2D eigenvalue weighted by Gasteiger charge is 2.31. The molecule has 0 radical (unpaired) electrons. The minimum Gasteiger partial charge on any atom is -0.357 e. The topological polar surface area (TPSA) is 77.9 Å². The zero-order valence-corrected chi connectivity index (χ0v) is 13.5. The largest absolute Gasteiger partial charge is 0.357 e. The lowest BCUT2D eigenvalue weighted by atomic mass is 9.83. The fraction of sp³-hybridized carbons (Fsp3) is 0.588. The van der Waals surface area contributed by atoms with Crippen LogP contribution in [-0.2, 0) is 6.42 Å². The third-order valence-corrected chi connectivity index (χ3v) is 5.11. The van der Waals surface area contributed by atoms with E-state index in [4.69, 9.17) is 5.73 Å². The molecule has 0 amide bonds. The molecule has 2 aromatic heterocycles. The van der Waals surface area contributed by atoms with Gasteiger partial charge in [0.2, 0.25) is 0 Å². The quantitative estimate of drug-likeness (QED) is 0.808. The van der Waals surface area contributed by atoms with Crippen LogP contribution in [-0.4, -0.2) is 39.5 Å². The van der Waals surface area contributed by atoms with Crippen molar-refractivity contribution in [2.24, 2.45) is 5.73 Å². The van der Waals surface area contributed by atoms with Gasteiger partial charge < -0.3 is 20.6 Å². The molecule has 1 aliphatic rings. The molecule has 0 aromatic carbocycles. The Bertz CT molecular complexity index is 692. The second-order valence-corrected chi connectivity index (χ2v) is 6.90. The molecular weight excluding hydrogens is 276 g/mol.